The molecule has 0 amide bonds. The Bertz CT molecular complexity index is 304. The van der Waals surface area contributed by atoms with Gasteiger partial charge in [0, 0.05) is 9.75 Å². The highest BCUT2D eigenvalue weighted by Gasteiger charge is 2.33. The molecule has 0 radical (unpaired) electrons. The number of aryl methyl sites for hydroxylation is 1. The summed E-state index contributed by atoms with van der Waals surface area (Å²) in [6.45, 7) is 4.45. The molecule has 14 heavy (non-hydrogen) atoms. The molecular weight excluding hydrogens is 192 g/mol. The van der Waals surface area contributed by atoms with Crippen molar-refractivity contribution < 1.29 is 0 Å². The predicted molar refractivity (Wildman–Crippen MR) is 61.0 cm³/mol. The average Bonchev–Trinajstić information content (AvgIpc) is 2.92. The summed E-state index contributed by atoms with van der Waals surface area (Å²) in [6.07, 6.45) is 2.76. The second-order valence-electron chi connectivity index (χ2n) is 4.29. The Morgan fingerprint density at radius 3 is 2.64 bits per heavy atom. The summed E-state index contributed by atoms with van der Waals surface area (Å²) in [5.74, 6) is 7.19. The van der Waals surface area contributed by atoms with Crippen LogP contribution in [0.15, 0.2) is 12.1 Å². The van der Waals surface area contributed by atoms with Gasteiger partial charge in [0.05, 0.1) is 6.04 Å². The summed E-state index contributed by atoms with van der Waals surface area (Å²) in [7, 11) is 0. The van der Waals surface area contributed by atoms with Crippen LogP contribution in [0.4, 0.5) is 0 Å². The van der Waals surface area contributed by atoms with E-state index < -0.39 is 0 Å². The zero-order valence-electron chi connectivity index (χ0n) is 8.79. The number of nitrogens with one attached hydrogen (secondary N) is 1. The first-order valence-electron chi connectivity index (χ1n) is 5.25. The van der Waals surface area contributed by atoms with Crippen LogP contribution >= 0.6 is 11.3 Å². The summed E-state index contributed by atoms with van der Waals surface area (Å²) in [6, 6.07) is 4.72. The van der Waals surface area contributed by atoms with Gasteiger partial charge in [-0.2, -0.15) is 0 Å². The highest BCUT2D eigenvalue weighted by atomic mass is 32.1. The van der Waals surface area contributed by atoms with Crippen LogP contribution < -0.4 is 11.3 Å². The number of hydrogen-bond donors (Lipinski definition) is 2. The predicted octanol–water partition coefficient (Wildman–Crippen LogP) is 2.61. The van der Waals surface area contributed by atoms with E-state index in [1.54, 1.807) is 0 Å². The largest absolute Gasteiger partial charge is 0.271 e. The molecule has 1 saturated carbocycles. The number of hydrazine groups is 1. The molecule has 3 N–H and O–H groups in total. The van der Waals surface area contributed by atoms with Crippen LogP contribution in [0.25, 0.3) is 0 Å². The van der Waals surface area contributed by atoms with Crippen molar-refractivity contribution in [1.82, 2.24) is 5.43 Å². The fourth-order valence-electron chi connectivity index (χ4n) is 2.01. The molecule has 2 unspecified atom stereocenters. The van der Waals surface area contributed by atoms with Crippen molar-refractivity contribution in [2.75, 3.05) is 0 Å². The quantitative estimate of drug-likeness (QED) is 0.592. The molecule has 1 aliphatic rings. The smallest absolute Gasteiger partial charge is 0.0581 e. The van der Waals surface area contributed by atoms with E-state index in [2.05, 4.69) is 31.4 Å². The molecule has 2 atom stereocenters. The lowest BCUT2D eigenvalue weighted by Gasteiger charge is -2.21. The minimum atomic E-state index is 0.348. The van der Waals surface area contributed by atoms with Crippen molar-refractivity contribution >= 4 is 11.3 Å². The monoisotopic (exact) mass is 210 g/mol. The lowest BCUT2D eigenvalue weighted by atomic mass is 9.96. The number of nitrogens with two attached hydrogens (primary N) is 1. The van der Waals surface area contributed by atoms with Crippen LogP contribution in [0.3, 0.4) is 0 Å². The van der Waals surface area contributed by atoms with Crippen molar-refractivity contribution in [3.8, 4) is 0 Å². The van der Waals surface area contributed by atoms with Gasteiger partial charge in [-0.05, 0) is 43.7 Å². The van der Waals surface area contributed by atoms with Gasteiger partial charge in [-0.25, -0.2) is 0 Å². The van der Waals surface area contributed by atoms with Crippen molar-refractivity contribution in [1.29, 1.82) is 0 Å². The topological polar surface area (TPSA) is 38.0 Å². The zero-order chi connectivity index (χ0) is 10.1. The van der Waals surface area contributed by atoms with E-state index in [1.807, 2.05) is 11.3 Å². The molecule has 1 aromatic heterocycles. The third-order valence-electron chi connectivity index (χ3n) is 3.14. The Morgan fingerprint density at radius 1 is 1.50 bits per heavy atom. The molecule has 2 nitrogen and oxygen atoms in total. The van der Waals surface area contributed by atoms with Crippen molar-refractivity contribution in [3.63, 3.8) is 0 Å². The van der Waals surface area contributed by atoms with Crippen LogP contribution in [0.5, 0.6) is 0 Å². The van der Waals surface area contributed by atoms with Gasteiger partial charge in [-0.1, -0.05) is 6.92 Å². The van der Waals surface area contributed by atoms with Crippen molar-refractivity contribution in [2.45, 2.75) is 32.7 Å². The molecule has 1 aromatic rings. The van der Waals surface area contributed by atoms with E-state index >= 15 is 0 Å². The SMILES string of the molecule is Cc1ccc(C(NN)C(C)C2CC2)s1. The molecule has 0 spiro atoms. The molecule has 0 saturated heterocycles. The van der Waals surface area contributed by atoms with Gasteiger partial charge in [-0.3, -0.25) is 11.3 Å². The average molecular weight is 210 g/mol. The molecule has 1 fully saturated rings. The first kappa shape index (κ1) is 10.1. The van der Waals surface area contributed by atoms with E-state index in [0.29, 0.717) is 12.0 Å². The van der Waals surface area contributed by atoms with E-state index in [0.717, 1.165) is 5.92 Å². The summed E-state index contributed by atoms with van der Waals surface area (Å²) in [4.78, 5) is 2.74. The van der Waals surface area contributed by atoms with Crippen molar-refractivity contribution in [3.05, 3.63) is 21.9 Å². The van der Waals surface area contributed by atoms with E-state index in [9.17, 15) is 0 Å². The molecule has 0 bridgehead atoms. The fraction of sp³-hybridized carbons (Fsp3) is 0.636. The maximum absolute atomic E-state index is 5.64. The Labute approximate surface area is 89.5 Å². The number of hydrogen-bond acceptors (Lipinski definition) is 3. The highest BCUT2D eigenvalue weighted by molar-refractivity contribution is 7.12. The molecular formula is C11H18N2S. The van der Waals surface area contributed by atoms with Crippen LogP contribution in [0.1, 0.15) is 35.6 Å². The minimum Gasteiger partial charge on any atom is -0.271 e. The van der Waals surface area contributed by atoms with Crippen LogP contribution in [-0.4, -0.2) is 0 Å². The zero-order valence-corrected chi connectivity index (χ0v) is 9.60. The summed E-state index contributed by atoms with van der Waals surface area (Å²) in [5, 5.41) is 0. The molecule has 1 aliphatic carbocycles. The lowest BCUT2D eigenvalue weighted by Crippen LogP contribution is -2.32. The maximum Gasteiger partial charge on any atom is 0.0581 e. The Morgan fingerprint density at radius 2 is 2.21 bits per heavy atom. The van der Waals surface area contributed by atoms with Gasteiger partial charge in [0.2, 0.25) is 0 Å². The van der Waals surface area contributed by atoms with Crippen molar-refractivity contribution in [2.24, 2.45) is 17.7 Å². The first-order valence-corrected chi connectivity index (χ1v) is 6.06. The van der Waals surface area contributed by atoms with Gasteiger partial charge in [0.25, 0.3) is 0 Å². The van der Waals surface area contributed by atoms with Gasteiger partial charge < -0.3 is 0 Å². The second-order valence-corrected chi connectivity index (χ2v) is 5.61. The highest BCUT2D eigenvalue weighted by Crippen LogP contribution is 2.43. The maximum atomic E-state index is 5.64. The van der Waals surface area contributed by atoms with Crippen LogP contribution in [-0.2, 0) is 0 Å². The molecule has 0 aliphatic heterocycles. The molecule has 0 aromatic carbocycles. The van der Waals surface area contributed by atoms with Gasteiger partial charge in [0.1, 0.15) is 0 Å². The summed E-state index contributed by atoms with van der Waals surface area (Å²) >= 11 is 1.85. The molecule has 3 heteroatoms. The van der Waals surface area contributed by atoms with Gasteiger partial charge >= 0.3 is 0 Å². The van der Waals surface area contributed by atoms with Gasteiger partial charge in [0.15, 0.2) is 0 Å². The molecule has 1 heterocycles. The van der Waals surface area contributed by atoms with Crippen LogP contribution in [0.2, 0.25) is 0 Å². The standard InChI is InChI=1S/C11H18N2S/c1-7-3-6-10(14-7)11(13-12)8(2)9-4-5-9/h3,6,8-9,11,13H,4-5,12H2,1-2H3. The summed E-state index contributed by atoms with van der Waals surface area (Å²) < 4.78 is 0. The normalized spacial score (nSPS) is 20.8. The van der Waals surface area contributed by atoms with Crippen LogP contribution in [0, 0.1) is 18.8 Å². The number of thiophene rings is 1. The van der Waals surface area contributed by atoms with Gasteiger partial charge in [-0.15, -0.1) is 11.3 Å². The Hall–Kier alpha value is -0.380. The Balaban J connectivity index is 2.11. The molecule has 2 rings (SSSR count). The fourth-order valence-corrected chi connectivity index (χ4v) is 3.06. The molecule has 78 valence electrons. The minimum absolute atomic E-state index is 0.348. The van der Waals surface area contributed by atoms with E-state index in [1.165, 1.54) is 22.6 Å². The second kappa shape index (κ2) is 4.01. The third kappa shape index (κ3) is 2.00. The number of rotatable bonds is 4. The van der Waals surface area contributed by atoms with E-state index in [4.69, 9.17) is 5.84 Å². The first-order chi connectivity index (χ1) is 6.72. The van der Waals surface area contributed by atoms with E-state index in [-0.39, 0.29) is 0 Å². The lowest BCUT2D eigenvalue weighted by molar-refractivity contribution is 0.359. The summed E-state index contributed by atoms with van der Waals surface area (Å²) in [5.41, 5.74) is 2.96. The Kier molecular flexibility index (Phi) is 2.91. The third-order valence-corrected chi connectivity index (χ3v) is 4.22.